The maximum Gasteiger partial charge on any atom is 0.374 e. The number of ether oxygens (including phenoxy) is 1. The molecule has 2 heterocycles. The van der Waals surface area contributed by atoms with Gasteiger partial charge in [0.05, 0.1) is 5.69 Å². The van der Waals surface area contributed by atoms with Crippen LogP contribution in [0, 0.1) is 20.8 Å². The number of rotatable bonds is 5. The second-order valence-corrected chi connectivity index (χ2v) is 5.09. The molecule has 0 bridgehead atoms. The van der Waals surface area contributed by atoms with Crippen molar-refractivity contribution in [1.29, 1.82) is 0 Å². The minimum atomic E-state index is -0.700. The standard InChI is InChI=1S/C16H17NO5/c1-8-5-6-13(22-8)16(20)21-7-12(19)15-9(2)14(11(4)18)10(3)17-15/h5-6,17H,7H2,1-4H3. The molecule has 22 heavy (non-hydrogen) atoms. The van der Waals surface area contributed by atoms with Crippen LogP contribution in [0.5, 0.6) is 0 Å². The Hall–Kier alpha value is -2.63. The van der Waals surface area contributed by atoms with E-state index in [9.17, 15) is 14.4 Å². The number of aromatic nitrogens is 1. The van der Waals surface area contributed by atoms with Gasteiger partial charge in [0.25, 0.3) is 0 Å². The third-order valence-electron chi connectivity index (χ3n) is 3.34. The molecule has 0 aromatic carbocycles. The van der Waals surface area contributed by atoms with Crippen LogP contribution in [-0.2, 0) is 4.74 Å². The van der Waals surface area contributed by atoms with E-state index in [4.69, 9.17) is 9.15 Å². The summed E-state index contributed by atoms with van der Waals surface area (Å²) in [5.41, 5.74) is 1.98. The van der Waals surface area contributed by atoms with Gasteiger partial charge >= 0.3 is 5.97 Å². The van der Waals surface area contributed by atoms with Gasteiger partial charge in [-0.2, -0.15) is 0 Å². The highest BCUT2D eigenvalue weighted by Crippen LogP contribution is 2.19. The average Bonchev–Trinajstić information content (AvgIpc) is 2.99. The van der Waals surface area contributed by atoms with Crippen LogP contribution in [0.1, 0.15) is 55.3 Å². The zero-order valence-electron chi connectivity index (χ0n) is 12.9. The van der Waals surface area contributed by atoms with Crippen molar-refractivity contribution in [2.45, 2.75) is 27.7 Å². The quantitative estimate of drug-likeness (QED) is 0.677. The number of carbonyl (C=O) groups is 3. The van der Waals surface area contributed by atoms with Crippen LogP contribution < -0.4 is 0 Å². The van der Waals surface area contributed by atoms with Crippen LogP contribution in [0.4, 0.5) is 0 Å². The van der Waals surface area contributed by atoms with Crippen LogP contribution in [-0.4, -0.2) is 29.1 Å². The topological polar surface area (TPSA) is 89.4 Å². The Morgan fingerprint density at radius 1 is 1.18 bits per heavy atom. The van der Waals surface area contributed by atoms with Gasteiger partial charge in [-0.15, -0.1) is 0 Å². The average molecular weight is 303 g/mol. The van der Waals surface area contributed by atoms with Gasteiger partial charge in [0.1, 0.15) is 5.76 Å². The first-order chi connectivity index (χ1) is 10.3. The SMILES string of the molecule is CC(=O)c1c(C)[nH]c(C(=O)COC(=O)c2ccc(C)o2)c1C. The summed E-state index contributed by atoms with van der Waals surface area (Å²) < 4.78 is 10.1. The molecule has 0 fully saturated rings. The van der Waals surface area contributed by atoms with Crippen LogP contribution in [0.3, 0.4) is 0 Å². The van der Waals surface area contributed by atoms with E-state index >= 15 is 0 Å². The number of hydrogen-bond donors (Lipinski definition) is 1. The Morgan fingerprint density at radius 3 is 2.36 bits per heavy atom. The molecule has 0 saturated heterocycles. The van der Waals surface area contributed by atoms with Gasteiger partial charge in [-0.05, 0) is 45.4 Å². The van der Waals surface area contributed by atoms with Crippen LogP contribution in [0.2, 0.25) is 0 Å². The molecule has 116 valence electrons. The van der Waals surface area contributed by atoms with Crippen molar-refractivity contribution in [2.24, 2.45) is 0 Å². The zero-order chi connectivity index (χ0) is 16.4. The highest BCUT2D eigenvalue weighted by Gasteiger charge is 2.21. The molecule has 0 saturated carbocycles. The first-order valence-electron chi connectivity index (χ1n) is 6.78. The first kappa shape index (κ1) is 15.8. The number of H-pyrrole nitrogens is 1. The van der Waals surface area contributed by atoms with E-state index < -0.39 is 18.4 Å². The fourth-order valence-corrected chi connectivity index (χ4v) is 2.38. The minimum Gasteiger partial charge on any atom is -0.454 e. The van der Waals surface area contributed by atoms with Crippen LogP contribution in [0.25, 0.3) is 0 Å². The van der Waals surface area contributed by atoms with Crippen molar-refractivity contribution in [3.05, 3.63) is 46.2 Å². The first-order valence-corrected chi connectivity index (χ1v) is 6.78. The molecule has 0 aliphatic rings. The number of ketones is 2. The number of aryl methyl sites for hydroxylation is 2. The van der Waals surface area contributed by atoms with Crippen molar-refractivity contribution < 1.29 is 23.5 Å². The molecular formula is C16H17NO5. The van der Waals surface area contributed by atoms with E-state index in [1.165, 1.54) is 13.0 Å². The summed E-state index contributed by atoms with van der Waals surface area (Å²) in [6.07, 6.45) is 0. The van der Waals surface area contributed by atoms with Gasteiger partial charge in [0, 0.05) is 11.3 Å². The molecule has 0 radical (unpaired) electrons. The summed E-state index contributed by atoms with van der Waals surface area (Å²) in [5.74, 6) is -0.582. The number of carbonyl (C=O) groups excluding carboxylic acids is 3. The maximum atomic E-state index is 12.1. The Morgan fingerprint density at radius 2 is 1.86 bits per heavy atom. The predicted octanol–water partition coefficient (Wildman–Crippen LogP) is 2.78. The number of furan rings is 1. The Balaban J connectivity index is 2.09. The lowest BCUT2D eigenvalue weighted by atomic mass is 10.1. The van der Waals surface area contributed by atoms with Crippen molar-refractivity contribution in [2.75, 3.05) is 6.61 Å². The van der Waals surface area contributed by atoms with Crippen molar-refractivity contribution in [3.8, 4) is 0 Å². The van der Waals surface area contributed by atoms with Gasteiger partial charge in [-0.1, -0.05) is 0 Å². The summed E-state index contributed by atoms with van der Waals surface area (Å²) in [6, 6.07) is 3.12. The number of Topliss-reactive ketones (excluding diaryl/α,β-unsaturated/α-hetero) is 2. The smallest absolute Gasteiger partial charge is 0.374 e. The second-order valence-electron chi connectivity index (χ2n) is 5.09. The largest absolute Gasteiger partial charge is 0.454 e. The Bertz CT molecular complexity index is 751. The molecule has 1 N–H and O–H groups in total. The fourth-order valence-electron chi connectivity index (χ4n) is 2.38. The van der Waals surface area contributed by atoms with E-state index in [1.54, 1.807) is 26.8 Å². The highest BCUT2D eigenvalue weighted by molar-refractivity contribution is 6.04. The van der Waals surface area contributed by atoms with Gasteiger partial charge < -0.3 is 14.1 Å². The van der Waals surface area contributed by atoms with Gasteiger partial charge in [-0.25, -0.2) is 4.79 Å². The lowest BCUT2D eigenvalue weighted by molar-refractivity contribution is 0.0441. The summed E-state index contributed by atoms with van der Waals surface area (Å²) in [6.45, 7) is 6.13. The maximum absolute atomic E-state index is 12.1. The molecule has 0 atom stereocenters. The summed E-state index contributed by atoms with van der Waals surface area (Å²) in [5, 5.41) is 0. The van der Waals surface area contributed by atoms with Gasteiger partial charge in [0.2, 0.25) is 11.5 Å². The fraction of sp³-hybridized carbons (Fsp3) is 0.312. The summed E-state index contributed by atoms with van der Waals surface area (Å²) in [4.78, 5) is 38.3. The second kappa shape index (κ2) is 6.01. The summed E-state index contributed by atoms with van der Waals surface area (Å²) in [7, 11) is 0. The molecule has 0 aliphatic heterocycles. The predicted molar refractivity (Wildman–Crippen MR) is 78.3 cm³/mol. The molecule has 0 aliphatic carbocycles. The zero-order valence-corrected chi connectivity index (χ0v) is 12.9. The lowest BCUT2D eigenvalue weighted by Gasteiger charge is -2.02. The molecule has 0 unspecified atom stereocenters. The van der Waals surface area contributed by atoms with Crippen LogP contribution in [0.15, 0.2) is 16.5 Å². The molecule has 6 heteroatoms. The van der Waals surface area contributed by atoms with Crippen molar-refractivity contribution in [1.82, 2.24) is 4.98 Å². The van der Waals surface area contributed by atoms with Crippen molar-refractivity contribution >= 4 is 17.5 Å². The Labute approximate surface area is 127 Å². The van der Waals surface area contributed by atoms with Gasteiger partial charge in [0.15, 0.2) is 12.4 Å². The van der Waals surface area contributed by atoms with E-state index in [0.717, 1.165) is 0 Å². The third kappa shape index (κ3) is 3.00. The normalized spacial score (nSPS) is 10.5. The van der Waals surface area contributed by atoms with E-state index in [1.807, 2.05) is 0 Å². The molecule has 6 nitrogen and oxygen atoms in total. The number of hydrogen-bond acceptors (Lipinski definition) is 5. The number of aromatic amines is 1. The Kier molecular flexibility index (Phi) is 4.30. The molecule has 0 amide bonds. The molecular weight excluding hydrogens is 286 g/mol. The number of esters is 1. The van der Waals surface area contributed by atoms with E-state index in [0.29, 0.717) is 22.6 Å². The lowest BCUT2D eigenvalue weighted by Crippen LogP contribution is -2.15. The van der Waals surface area contributed by atoms with Gasteiger partial charge in [-0.3, -0.25) is 9.59 Å². The molecule has 0 spiro atoms. The third-order valence-corrected chi connectivity index (χ3v) is 3.34. The minimum absolute atomic E-state index is 0.0501. The highest BCUT2D eigenvalue weighted by atomic mass is 16.5. The van der Waals surface area contributed by atoms with E-state index in [2.05, 4.69) is 4.98 Å². The monoisotopic (exact) mass is 303 g/mol. The summed E-state index contributed by atoms with van der Waals surface area (Å²) >= 11 is 0. The molecule has 2 aromatic rings. The van der Waals surface area contributed by atoms with Crippen LogP contribution >= 0.6 is 0 Å². The number of nitrogens with one attached hydrogen (secondary N) is 1. The molecule has 2 aromatic heterocycles. The molecule has 2 rings (SSSR count). The van der Waals surface area contributed by atoms with Crippen molar-refractivity contribution in [3.63, 3.8) is 0 Å². The van der Waals surface area contributed by atoms with E-state index in [-0.39, 0.29) is 17.2 Å².